The Bertz CT molecular complexity index is 627. The lowest BCUT2D eigenvalue weighted by molar-refractivity contribution is -0.144. The molecule has 2 aromatic rings. The number of carbonyl (C=O) groups is 1. The summed E-state index contributed by atoms with van der Waals surface area (Å²) in [6.07, 6.45) is 2.70. The molecular formula is C16H18N2O2. The molecule has 0 amide bonds. The van der Waals surface area contributed by atoms with Gasteiger partial charge in [-0.15, -0.1) is 0 Å². The van der Waals surface area contributed by atoms with Crippen molar-refractivity contribution in [3.63, 3.8) is 0 Å². The van der Waals surface area contributed by atoms with E-state index in [1.54, 1.807) is 0 Å². The van der Waals surface area contributed by atoms with E-state index in [2.05, 4.69) is 34.1 Å². The highest BCUT2D eigenvalue weighted by Gasteiger charge is 2.28. The van der Waals surface area contributed by atoms with Gasteiger partial charge in [-0.3, -0.25) is 14.7 Å². The van der Waals surface area contributed by atoms with Crippen LogP contribution in [0.2, 0.25) is 0 Å². The third-order valence-corrected chi connectivity index (χ3v) is 3.88. The zero-order valence-electron chi connectivity index (χ0n) is 11.6. The molecule has 1 atom stereocenters. The number of likely N-dealkylation sites (tertiary alicyclic amines) is 1. The Kier molecular flexibility index (Phi) is 3.65. The van der Waals surface area contributed by atoms with Gasteiger partial charge in [-0.05, 0) is 36.7 Å². The van der Waals surface area contributed by atoms with Crippen LogP contribution in [0.5, 0.6) is 0 Å². The lowest BCUT2D eigenvalue weighted by Crippen LogP contribution is -2.23. The third kappa shape index (κ3) is 2.65. The minimum absolute atomic E-state index is 0.0297. The maximum atomic E-state index is 11.5. The number of rotatable bonds is 3. The topological polar surface area (TPSA) is 42.4 Å². The molecule has 1 aliphatic heterocycles. The highest BCUT2D eigenvalue weighted by Crippen LogP contribution is 2.21. The molecule has 1 aromatic carbocycles. The average Bonchev–Trinajstić information content (AvgIpc) is 2.95. The maximum Gasteiger partial charge on any atom is 0.310 e. The van der Waals surface area contributed by atoms with E-state index in [0.29, 0.717) is 0 Å². The summed E-state index contributed by atoms with van der Waals surface area (Å²) in [7, 11) is 1.46. The van der Waals surface area contributed by atoms with Gasteiger partial charge in [0, 0.05) is 24.7 Å². The molecule has 1 fully saturated rings. The Morgan fingerprint density at radius 3 is 3.20 bits per heavy atom. The summed E-state index contributed by atoms with van der Waals surface area (Å²) in [5.41, 5.74) is 2.28. The highest BCUT2D eigenvalue weighted by atomic mass is 16.5. The zero-order valence-corrected chi connectivity index (χ0v) is 11.6. The first-order valence-corrected chi connectivity index (χ1v) is 6.90. The quantitative estimate of drug-likeness (QED) is 0.802. The monoisotopic (exact) mass is 270 g/mol. The first-order valence-electron chi connectivity index (χ1n) is 6.90. The molecule has 1 saturated heterocycles. The van der Waals surface area contributed by atoms with Gasteiger partial charge in [-0.1, -0.05) is 12.1 Å². The van der Waals surface area contributed by atoms with Crippen molar-refractivity contribution in [1.82, 2.24) is 9.88 Å². The van der Waals surface area contributed by atoms with E-state index < -0.39 is 0 Å². The number of methoxy groups -OCH3 is 1. The molecule has 0 radical (unpaired) electrons. The molecule has 0 N–H and O–H groups in total. The Morgan fingerprint density at radius 2 is 2.35 bits per heavy atom. The normalized spacial score (nSPS) is 19.4. The molecule has 1 unspecified atom stereocenters. The smallest absolute Gasteiger partial charge is 0.310 e. The molecule has 4 nitrogen and oxygen atoms in total. The molecule has 20 heavy (non-hydrogen) atoms. The van der Waals surface area contributed by atoms with Crippen LogP contribution >= 0.6 is 0 Å². The van der Waals surface area contributed by atoms with Crippen LogP contribution in [0.25, 0.3) is 10.9 Å². The van der Waals surface area contributed by atoms with E-state index in [9.17, 15) is 4.79 Å². The fourth-order valence-electron chi connectivity index (χ4n) is 2.82. The molecule has 4 heteroatoms. The minimum atomic E-state index is -0.0878. The Labute approximate surface area is 118 Å². The number of hydrogen-bond donors (Lipinski definition) is 0. The number of nitrogens with zero attached hydrogens (tertiary/aromatic N) is 2. The minimum Gasteiger partial charge on any atom is -0.469 e. The molecular weight excluding hydrogens is 252 g/mol. The van der Waals surface area contributed by atoms with Gasteiger partial charge >= 0.3 is 5.97 Å². The maximum absolute atomic E-state index is 11.5. The fraction of sp³-hybridized carbons (Fsp3) is 0.375. The van der Waals surface area contributed by atoms with Crippen molar-refractivity contribution in [3.8, 4) is 0 Å². The van der Waals surface area contributed by atoms with Gasteiger partial charge in [0.1, 0.15) is 0 Å². The third-order valence-electron chi connectivity index (χ3n) is 3.88. The van der Waals surface area contributed by atoms with E-state index >= 15 is 0 Å². The van der Waals surface area contributed by atoms with E-state index in [-0.39, 0.29) is 11.9 Å². The van der Waals surface area contributed by atoms with Crippen molar-refractivity contribution in [1.29, 1.82) is 0 Å². The van der Waals surface area contributed by atoms with Gasteiger partial charge < -0.3 is 4.74 Å². The summed E-state index contributed by atoms with van der Waals surface area (Å²) in [5.74, 6) is -0.0580. The van der Waals surface area contributed by atoms with Crippen LogP contribution in [-0.2, 0) is 16.1 Å². The van der Waals surface area contributed by atoms with Crippen molar-refractivity contribution in [2.75, 3.05) is 20.2 Å². The first-order chi connectivity index (χ1) is 9.76. The summed E-state index contributed by atoms with van der Waals surface area (Å²) in [6.45, 7) is 2.61. The second kappa shape index (κ2) is 5.59. The average molecular weight is 270 g/mol. The Morgan fingerprint density at radius 1 is 1.45 bits per heavy atom. The van der Waals surface area contributed by atoms with E-state index in [4.69, 9.17) is 4.74 Å². The molecule has 0 bridgehead atoms. The number of pyridine rings is 1. The number of ether oxygens (including phenoxy) is 1. The lowest BCUT2D eigenvalue weighted by atomic mass is 10.1. The van der Waals surface area contributed by atoms with Crippen molar-refractivity contribution >= 4 is 16.9 Å². The Balaban J connectivity index is 1.69. The van der Waals surface area contributed by atoms with Gasteiger partial charge in [0.2, 0.25) is 0 Å². The number of fused-ring (bicyclic) bond motifs is 1. The van der Waals surface area contributed by atoms with Crippen LogP contribution in [0.3, 0.4) is 0 Å². The molecule has 3 rings (SSSR count). The molecule has 0 saturated carbocycles. The first kappa shape index (κ1) is 13.1. The van der Waals surface area contributed by atoms with Gasteiger partial charge in [0.05, 0.1) is 18.5 Å². The molecule has 1 aliphatic rings. The molecule has 1 aromatic heterocycles. The fourth-order valence-corrected chi connectivity index (χ4v) is 2.82. The number of hydrogen-bond acceptors (Lipinski definition) is 4. The lowest BCUT2D eigenvalue weighted by Gasteiger charge is -2.15. The van der Waals surface area contributed by atoms with E-state index in [0.717, 1.165) is 37.0 Å². The zero-order chi connectivity index (χ0) is 13.9. The van der Waals surface area contributed by atoms with Crippen molar-refractivity contribution in [2.24, 2.45) is 5.92 Å². The van der Waals surface area contributed by atoms with Crippen molar-refractivity contribution in [2.45, 2.75) is 13.0 Å². The summed E-state index contributed by atoms with van der Waals surface area (Å²) < 4.78 is 4.82. The molecule has 0 aliphatic carbocycles. The second-order valence-corrected chi connectivity index (χ2v) is 5.27. The summed E-state index contributed by atoms with van der Waals surface area (Å²) in [4.78, 5) is 18.2. The predicted molar refractivity (Wildman–Crippen MR) is 77.1 cm³/mol. The Hall–Kier alpha value is -1.94. The summed E-state index contributed by atoms with van der Waals surface area (Å²) in [5, 5.41) is 1.16. The number of carbonyl (C=O) groups excluding carboxylic acids is 1. The van der Waals surface area contributed by atoms with Crippen LogP contribution in [0.1, 0.15) is 12.0 Å². The van der Waals surface area contributed by atoms with Crippen LogP contribution < -0.4 is 0 Å². The number of benzene rings is 1. The highest BCUT2D eigenvalue weighted by molar-refractivity contribution is 5.78. The van der Waals surface area contributed by atoms with Crippen molar-refractivity contribution < 1.29 is 9.53 Å². The molecule has 2 heterocycles. The summed E-state index contributed by atoms with van der Waals surface area (Å²) >= 11 is 0. The molecule has 0 spiro atoms. The van der Waals surface area contributed by atoms with Crippen LogP contribution in [-0.4, -0.2) is 36.1 Å². The predicted octanol–water partition coefficient (Wildman–Crippen LogP) is 2.23. The van der Waals surface area contributed by atoms with E-state index in [1.807, 2.05) is 12.3 Å². The van der Waals surface area contributed by atoms with E-state index in [1.165, 1.54) is 12.7 Å². The largest absolute Gasteiger partial charge is 0.469 e. The second-order valence-electron chi connectivity index (χ2n) is 5.27. The number of esters is 1. The summed E-state index contributed by atoms with van der Waals surface area (Å²) in [6, 6.07) is 10.4. The SMILES string of the molecule is COC(=O)C1CCN(Cc2ccc3ncccc3c2)C1. The van der Waals surface area contributed by atoms with Crippen LogP contribution in [0.4, 0.5) is 0 Å². The van der Waals surface area contributed by atoms with Crippen LogP contribution in [0, 0.1) is 5.92 Å². The van der Waals surface area contributed by atoms with Crippen molar-refractivity contribution in [3.05, 3.63) is 42.1 Å². The molecule has 104 valence electrons. The standard InChI is InChI=1S/C16H18N2O2/c1-20-16(19)14-6-8-18(11-14)10-12-4-5-15-13(9-12)3-2-7-17-15/h2-5,7,9,14H,6,8,10-11H2,1H3. The van der Waals surface area contributed by atoms with Gasteiger partial charge in [0.15, 0.2) is 0 Å². The van der Waals surface area contributed by atoms with Crippen LogP contribution in [0.15, 0.2) is 36.5 Å². The van der Waals surface area contributed by atoms with Gasteiger partial charge in [0.25, 0.3) is 0 Å². The number of aromatic nitrogens is 1. The van der Waals surface area contributed by atoms with Gasteiger partial charge in [-0.25, -0.2) is 0 Å². The van der Waals surface area contributed by atoms with Gasteiger partial charge in [-0.2, -0.15) is 0 Å².